The second-order valence-corrected chi connectivity index (χ2v) is 5.12. The zero-order valence-electron chi connectivity index (χ0n) is 11.2. The molecule has 1 fully saturated rings. The van der Waals surface area contributed by atoms with Crippen LogP contribution < -0.4 is 4.90 Å². The molecular formula is C13H19N3O3. The first kappa shape index (κ1) is 13.7. The first-order valence-electron chi connectivity index (χ1n) is 6.54. The Morgan fingerprint density at radius 3 is 2.89 bits per heavy atom. The highest BCUT2D eigenvalue weighted by Gasteiger charge is 2.25. The Kier molecular flexibility index (Phi) is 3.99. The van der Waals surface area contributed by atoms with Crippen molar-refractivity contribution < 1.29 is 10.0 Å². The van der Waals surface area contributed by atoms with Crippen molar-refractivity contribution in [2.45, 2.75) is 32.8 Å². The molecule has 1 aromatic rings. The summed E-state index contributed by atoms with van der Waals surface area (Å²) < 4.78 is 0. The van der Waals surface area contributed by atoms with Gasteiger partial charge in [0.15, 0.2) is 0 Å². The number of aryl methyl sites for hydroxylation is 1. The molecule has 6 nitrogen and oxygen atoms in total. The SMILES string of the molecule is Cc1nc(N2CCCC(C(C)O)C2)ccc1[N+](=O)[O-]. The molecule has 2 rings (SSSR count). The number of nitro groups is 1. The highest BCUT2D eigenvalue weighted by molar-refractivity contribution is 5.47. The van der Waals surface area contributed by atoms with Crippen molar-refractivity contribution in [1.82, 2.24) is 4.98 Å². The fourth-order valence-corrected chi connectivity index (χ4v) is 2.52. The van der Waals surface area contributed by atoms with Gasteiger partial charge in [-0.1, -0.05) is 0 Å². The second-order valence-electron chi connectivity index (χ2n) is 5.12. The standard InChI is InChI=1S/C13H19N3O3/c1-9-12(16(18)19)5-6-13(14-9)15-7-3-4-11(8-15)10(2)17/h5-6,10-11,17H,3-4,7-8H2,1-2H3. The Hall–Kier alpha value is -1.69. The van der Waals surface area contributed by atoms with E-state index in [0.717, 1.165) is 31.7 Å². The van der Waals surface area contributed by atoms with Gasteiger partial charge in [-0.2, -0.15) is 0 Å². The minimum Gasteiger partial charge on any atom is -0.393 e. The van der Waals surface area contributed by atoms with E-state index in [1.807, 2.05) is 6.92 Å². The molecule has 2 unspecified atom stereocenters. The number of nitrogens with zero attached hydrogens (tertiary/aromatic N) is 3. The molecule has 0 radical (unpaired) electrons. The van der Waals surface area contributed by atoms with E-state index in [0.29, 0.717) is 5.69 Å². The number of aliphatic hydroxyl groups excluding tert-OH is 1. The first-order valence-corrected chi connectivity index (χ1v) is 6.54. The van der Waals surface area contributed by atoms with Gasteiger partial charge in [0.2, 0.25) is 0 Å². The van der Waals surface area contributed by atoms with Gasteiger partial charge < -0.3 is 10.0 Å². The first-order chi connectivity index (χ1) is 8.99. The van der Waals surface area contributed by atoms with Gasteiger partial charge in [0.05, 0.1) is 11.0 Å². The summed E-state index contributed by atoms with van der Waals surface area (Å²) >= 11 is 0. The van der Waals surface area contributed by atoms with E-state index in [1.165, 1.54) is 6.07 Å². The zero-order chi connectivity index (χ0) is 14.0. The highest BCUT2D eigenvalue weighted by atomic mass is 16.6. The zero-order valence-corrected chi connectivity index (χ0v) is 11.2. The third kappa shape index (κ3) is 3.01. The molecule has 104 valence electrons. The van der Waals surface area contributed by atoms with Gasteiger partial charge in [0.25, 0.3) is 5.69 Å². The lowest BCUT2D eigenvalue weighted by Crippen LogP contribution is -2.40. The number of hydrogen-bond acceptors (Lipinski definition) is 5. The highest BCUT2D eigenvalue weighted by Crippen LogP contribution is 2.26. The van der Waals surface area contributed by atoms with Crippen LogP contribution in [0.3, 0.4) is 0 Å². The maximum Gasteiger partial charge on any atom is 0.290 e. The third-order valence-electron chi connectivity index (χ3n) is 3.70. The van der Waals surface area contributed by atoms with Crippen LogP contribution in [0.1, 0.15) is 25.5 Å². The maximum absolute atomic E-state index is 10.8. The fraction of sp³-hybridized carbons (Fsp3) is 0.615. The second kappa shape index (κ2) is 5.52. The number of aromatic nitrogens is 1. The number of pyridine rings is 1. The van der Waals surface area contributed by atoms with Crippen LogP contribution in [0.5, 0.6) is 0 Å². The van der Waals surface area contributed by atoms with E-state index in [-0.39, 0.29) is 17.7 Å². The summed E-state index contributed by atoms with van der Waals surface area (Å²) in [6.45, 7) is 5.09. The molecule has 1 aromatic heterocycles. The lowest BCUT2D eigenvalue weighted by molar-refractivity contribution is -0.385. The van der Waals surface area contributed by atoms with Gasteiger partial charge >= 0.3 is 0 Å². The van der Waals surface area contributed by atoms with Crippen LogP contribution in [-0.2, 0) is 0 Å². The van der Waals surface area contributed by atoms with Crippen LogP contribution in [-0.4, -0.2) is 34.2 Å². The molecule has 2 atom stereocenters. The Morgan fingerprint density at radius 1 is 1.58 bits per heavy atom. The van der Waals surface area contributed by atoms with Crippen molar-refractivity contribution in [2.75, 3.05) is 18.0 Å². The molecule has 0 spiro atoms. The van der Waals surface area contributed by atoms with Gasteiger partial charge in [-0.05, 0) is 32.8 Å². The smallest absolute Gasteiger partial charge is 0.290 e. The van der Waals surface area contributed by atoms with E-state index in [1.54, 1.807) is 13.0 Å². The van der Waals surface area contributed by atoms with Gasteiger partial charge in [0.1, 0.15) is 11.5 Å². The van der Waals surface area contributed by atoms with Gasteiger partial charge in [-0.25, -0.2) is 4.98 Å². The molecule has 1 saturated heterocycles. The van der Waals surface area contributed by atoms with E-state index < -0.39 is 4.92 Å². The van der Waals surface area contributed by atoms with E-state index in [2.05, 4.69) is 9.88 Å². The molecule has 0 aromatic carbocycles. The van der Waals surface area contributed by atoms with Crippen molar-refractivity contribution in [2.24, 2.45) is 5.92 Å². The van der Waals surface area contributed by atoms with Crippen LogP contribution in [0.25, 0.3) is 0 Å². The molecule has 1 aliphatic rings. The lowest BCUT2D eigenvalue weighted by Gasteiger charge is -2.35. The summed E-state index contributed by atoms with van der Waals surface area (Å²) in [6, 6.07) is 3.19. The predicted octanol–water partition coefficient (Wildman–Crippen LogP) is 1.90. The van der Waals surface area contributed by atoms with Crippen LogP contribution in [0.4, 0.5) is 11.5 Å². The summed E-state index contributed by atoms with van der Waals surface area (Å²) in [7, 11) is 0. The van der Waals surface area contributed by atoms with Gasteiger partial charge in [-0.3, -0.25) is 10.1 Å². The lowest BCUT2D eigenvalue weighted by atomic mass is 9.93. The monoisotopic (exact) mass is 265 g/mol. The third-order valence-corrected chi connectivity index (χ3v) is 3.70. The van der Waals surface area contributed by atoms with Crippen LogP contribution in [0, 0.1) is 23.0 Å². The molecular weight excluding hydrogens is 246 g/mol. The van der Waals surface area contributed by atoms with Crippen molar-refractivity contribution >= 4 is 11.5 Å². The largest absolute Gasteiger partial charge is 0.393 e. The van der Waals surface area contributed by atoms with E-state index in [4.69, 9.17) is 0 Å². The number of aliphatic hydroxyl groups is 1. The average Bonchev–Trinajstić information content (AvgIpc) is 2.38. The van der Waals surface area contributed by atoms with E-state index in [9.17, 15) is 15.2 Å². The minimum absolute atomic E-state index is 0.0489. The summed E-state index contributed by atoms with van der Waals surface area (Å²) in [5, 5.41) is 20.4. The van der Waals surface area contributed by atoms with Crippen LogP contribution in [0.15, 0.2) is 12.1 Å². The quantitative estimate of drug-likeness (QED) is 0.667. The summed E-state index contributed by atoms with van der Waals surface area (Å²) in [5.41, 5.74) is 0.481. The van der Waals surface area contributed by atoms with Crippen LogP contribution >= 0.6 is 0 Å². The van der Waals surface area contributed by atoms with E-state index >= 15 is 0 Å². The summed E-state index contributed by atoms with van der Waals surface area (Å²) in [6.07, 6.45) is 1.69. The maximum atomic E-state index is 10.8. The minimum atomic E-state index is -0.416. The summed E-state index contributed by atoms with van der Waals surface area (Å²) in [4.78, 5) is 16.8. The number of rotatable bonds is 3. The average molecular weight is 265 g/mol. The number of piperidine rings is 1. The number of anilines is 1. The molecule has 0 bridgehead atoms. The molecule has 1 N–H and O–H groups in total. The molecule has 0 saturated carbocycles. The topological polar surface area (TPSA) is 79.5 Å². The predicted molar refractivity (Wildman–Crippen MR) is 72.2 cm³/mol. The van der Waals surface area contributed by atoms with Gasteiger partial charge in [-0.15, -0.1) is 0 Å². The van der Waals surface area contributed by atoms with Gasteiger partial charge in [0, 0.05) is 25.1 Å². The van der Waals surface area contributed by atoms with Crippen LogP contribution in [0.2, 0.25) is 0 Å². The Bertz CT molecular complexity index is 476. The molecule has 2 heterocycles. The van der Waals surface area contributed by atoms with Crippen molar-refractivity contribution in [1.29, 1.82) is 0 Å². The fourth-order valence-electron chi connectivity index (χ4n) is 2.52. The van der Waals surface area contributed by atoms with Crippen molar-refractivity contribution in [3.05, 3.63) is 27.9 Å². The summed E-state index contributed by atoms with van der Waals surface area (Å²) in [5.74, 6) is 1.000. The Balaban J connectivity index is 2.18. The molecule has 0 aliphatic carbocycles. The molecule has 19 heavy (non-hydrogen) atoms. The normalized spacial score (nSPS) is 21.2. The molecule has 1 aliphatic heterocycles. The Morgan fingerprint density at radius 2 is 2.32 bits per heavy atom. The molecule has 0 amide bonds. The number of hydrogen-bond donors (Lipinski definition) is 1. The van der Waals surface area contributed by atoms with Crippen molar-refractivity contribution in [3.63, 3.8) is 0 Å². The van der Waals surface area contributed by atoms with Crippen molar-refractivity contribution in [3.8, 4) is 0 Å². The Labute approximate surface area is 112 Å². The molecule has 6 heteroatoms.